The van der Waals surface area contributed by atoms with Crippen molar-refractivity contribution in [3.8, 4) is 0 Å². The van der Waals surface area contributed by atoms with Gasteiger partial charge in [-0.25, -0.2) is 4.98 Å². The van der Waals surface area contributed by atoms with Crippen LogP contribution in [0.15, 0.2) is 36.8 Å². The number of carbonyl (C=O) groups excluding carboxylic acids is 4. The van der Waals surface area contributed by atoms with Gasteiger partial charge in [0.15, 0.2) is 5.82 Å². The van der Waals surface area contributed by atoms with E-state index in [1.54, 1.807) is 17.3 Å². The molecule has 1 aliphatic heterocycles. The Morgan fingerprint density at radius 2 is 1.88 bits per heavy atom. The first kappa shape index (κ1) is 25.8. The molecule has 1 fully saturated rings. The van der Waals surface area contributed by atoms with Gasteiger partial charge in [0, 0.05) is 24.5 Å². The molecule has 0 radical (unpaired) electrons. The molecule has 1 N–H and O–H groups in total. The number of nitrogens with zero attached hydrogens (tertiary/aromatic N) is 3. The van der Waals surface area contributed by atoms with Crippen LogP contribution >= 0.6 is 0 Å². The van der Waals surface area contributed by atoms with Crippen LogP contribution in [-0.2, 0) is 20.9 Å². The lowest BCUT2D eigenvalue weighted by Crippen LogP contribution is -2.44. The van der Waals surface area contributed by atoms with E-state index >= 15 is 0 Å². The summed E-state index contributed by atoms with van der Waals surface area (Å²) in [6.45, 7) is 6.51. The second-order valence-electron chi connectivity index (χ2n) is 8.21. The Balaban J connectivity index is 0.000000914. The van der Waals surface area contributed by atoms with Gasteiger partial charge >= 0.3 is 0 Å². The lowest BCUT2D eigenvalue weighted by molar-refractivity contribution is -0.121. The van der Waals surface area contributed by atoms with Gasteiger partial charge < -0.3 is 19.8 Å². The highest BCUT2D eigenvalue weighted by atomic mass is 16.2. The van der Waals surface area contributed by atoms with Crippen LogP contribution in [0, 0.1) is 12.8 Å². The van der Waals surface area contributed by atoms with Crippen molar-refractivity contribution in [3.05, 3.63) is 53.5 Å². The molecule has 2 aliphatic rings. The topological polar surface area (TPSA) is 109 Å². The Kier molecular flexibility index (Phi) is 10.3. The van der Waals surface area contributed by atoms with Gasteiger partial charge in [0.2, 0.25) is 5.91 Å². The molecule has 8 heteroatoms. The van der Waals surface area contributed by atoms with Crippen LogP contribution < -0.4 is 5.32 Å². The molecule has 1 aromatic carbocycles. The van der Waals surface area contributed by atoms with Gasteiger partial charge in [0.05, 0.1) is 6.20 Å². The predicted octanol–water partition coefficient (Wildman–Crippen LogP) is 3.74. The minimum absolute atomic E-state index is 0.0494. The maximum absolute atomic E-state index is 13.2. The Hall–Kier alpha value is -3.42. The Bertz CT molecular complexity index is 914. The standard InChI is InChI=1S/C23H28N4O2.2CH2O/c1-16-6-5-9-18-19(16)15-27(23(18)29)20(11-10-17-7-3-2-4-8-17)22(28)26-21-14-24-12-13-25-21;2*1-2/h5-6,9,12-14,17,20H,2-4,7-8,10-11,15H2,1H3,(H,25,26,28);2*1H2. The van der Waals surface area contributed by atoms with E-state index in [0.717, 1.165) is 23.1 Å². The lowest BCUT2D eigenvalue weighted by atomic mass is 9.85. The van der Waals surface area contributed by atoms with Gasteiger partial charge in [-0.3, -0.25) is 14.6 Å². The molecule has 1 atom stereocenters. The first-order valence-electron chi connectivity index (χ1n) is 11.2. The van der Waals surface area contributed by atoms with Crippen molar-refractivity contribution in [1.82, 2.24) is 14.9 Å². The van der Waals surface area contributed by atoms with E-state index in [0.29, 0.717) is 24.7 Å². The van der Waals surface area contributed by atoms with Crippen molar-refractivity contribution in [3.63, 3.8) is 0 Å². The highest BCUT2D eigenvalue weighted by Gasteiger charge is 2.37. The second-order valence-corrected chi connectivity index (χ2v) is 8.21. The van der Waals surface area contributed by atoms with E-state index in [1.807, 2.05) is 38.7 Å². The van der Waals surface area contributed by atoms with E-state index in [4.69, 9.17) is 9.59 Å². The summed E-state index contributed by atoms with van der Waals surface area (Å²) in [5.74, 6) is 0.838. The molecular weight excluding hydrogens is 420 g/mol. The molecule has 33 heavy (non-hydrogen) atoms. The van der Waals surface area contributed by atoms with Gasteiger partial charge in [-0.15, -0.1) is 0 Å². The predicted molar refractivity (Wildman–Crippen MR) is 126 cm³/mol. The normalized spacial score (nSPS) is 15.9. The molecule has 2 heterocycles. The summed E-state index contributed by atoms with van der Waals surface area (Å²) < 4.78 is 0. The molecule has 4 rings (SSSR count). The molecule has 176 valence electrons. The van der Waals surface area contributed by atoms with Crippen molar-refractivity contribution in [2.75, 3.05) is 5.32 Å². The number of amides is 2. The quantitative estimate of drug-likeness (QED) is 0.715. The first-order chi connectivity index (χ1) is 16.1. The Labute approximate surface area is 194 Å². The van der Waals surface area contributed by atoms with E-state index in [9.17, 15) is 9.59 Å². The fourth-order valence-corrected chi connectivity index (χ4v) is 4.63. The number of carbonyl (C=O) groups is 4. The van der Waals surface area contributed by atoms with Crippen LogP contribution in [0.2, 0.25) is 0 Å². The van der Waals surface area contributed by atoms with E-state index in [1.165, 1.54) is 38.3 Å². The van der Waals surface area contributed by atoms with E-state index < -0.39 is 6.04 Å². The molecule has 1 unspecified atom stereocenters. The van der Waals surface area contributed by atoms with Crippen molar-refractivity contribution in [2.24, 2.45) is 5.92 Å². The largest absolute Gasteiger partial charge is 0.322 e. The second kappa shape index (κ2) is 13.2. The molecular formula is C25H32N4O4. The van der Waals surface area contributed by atoms with Gasteiger partial charge in [0.25, 0.3) is 5.91 Å². The number of hydrogen-bond donors (Lipinski definition) is 1. The summed E-state index contributed by atoms with van der Waals surface area (Å²) in [5, 5.41) is 2.86. The van der Waals surface area contributed by atoms with Gasteiger partial charge in [0.1, 0.15) is 19.6 Å². The number of benzene rings is 1. The maximum Gasteiger partial charge on any atom is 0.255 e. The first-order valence-corrected chi connectivity index (χ1v) is 11.2. The van der Waals surface area contributed by atoms with Crippen LogP contribution in [-0.4, -0.2) is 46.3 Å². The number of anilines is 1. The fourth-order valence-electron chi connectivity index (χ4n) is 4.63. The lowest BCUT2D eigenvalue weighted by Gasteiger charge is -2.29. The van der Waals surface area contributed by atoms with Crippen LogP contribution in [0.25, 0.3) is 0 Å². The summed E-state index contributed by atoms with van der Waals surface area (Å²) in [6.07, 6.45) is 12.6. The summed E-state index contributed by atoms with van der Waals surface area (Å²) in [6, 6.07) is 5.29. The molecule has 0 bridgehead atoms. The van der Waals surface area contributed by atoms with Crippen molar-refractivity contribution in [1.29, 1.82) is 0 Å². The van der Waals surface area contributed by atoms with Crippen molar-refractivity contribution < 1.29 is 19.2 Å². The summed E-state index contributed by atoms with van der Waals surface area (Å²) in [5.41, 5.74) is 2.85. The zero-order chi connectivity index (χ0) is 24.2. The van der Waals surface area contributed by atoms with Crippen LogP contribution in [0.4, 0.5) is 5.82 Å². The van der Waals surface area contributed by atoms with Crippen LogP contribution in [0.5, 0.6) is 0 Å². The molecule has 8 nitrogen and oxygen atoms in total. The Morgan fingerprint density at radius 3 is 2.52 bits per heavy atom. The number of aryl methyl sites for hydroxylation is 1. The maximum atomic E-state index is 13.2. The average Bonchev–Trinajstić information content (AvgIpc) is 3.20. The summed E-state index contributed by atoms with van der Waals surface area (Å²) in [4.78, 5) is 52.2. The Morgan fingerprint density at radius 1 is 1.15 bits per heavy atom. The number of nitrogens with one attached hydrogen (secondary N) is 1. The third kappa shape index (κ3) is 6.54. The third-order valence-corrected chi connectivity index (χ3v) is 6.30. The van der Waals surface area contributed by atoms with Gasteiger partial charge in [-0.05, 0) is 42.9 Å². The molecule has 1 aromatic heterocycles. The third-order valence-electron chi connectivity index (χ3n) is 6.30. The number of fused-ring (bicyclic) bond motifs is 1. The number of rotatable bonds is 6. The van der Waals surface area contributed by atoms with Gasteiger partial charge in [-0.2, -0.15) is 0 Å². The molecule has 2 aromatic rings. The fraction of sp³-hybridized carbons (Fsp3) is 0.440. The van der Waals surface area contributed by atoms with E-state index in [-0.39, 0.29) is 11.8 Å². The molecule has 1 aliphatic carbocycles. The average molecular weight is 453 g/mol. The highest BCUT2D eigenvalue weighted by molar-refractivity contribution is 6.03. The number of aromatic nitrogens is 2. The SMILES string of the molecule is C=O.C=O.Cc1cccc2c1CN(C(CCC1CCCCC1)C(=O)Nc1cnccn1)C2=O. The molecule has 0 spiro atoms. The highest BCUT2D eigenvalue weighted by Crippen LogP contribution is 2.32. The van der Waals surface area contributed by atoms with Crippen LogP contribution in [0.3, 0.4) is 0 Å². The summed E-state index contributed by atoms with van der Waals surface area (Å²) >= 11 is 0. The zero-order valence-corrected chi connectivity index (χ0v) is 19.2. The minimum atomic E-state index is -0.502. The summed E-state index contributed by atoms with van der Waals surface area (Å²) in [7, 11) is 0. The van der Waals surface area contributed by atoms with E-state index in [2.05, 4.69) is 15.3 Å². The number of hydrogen-bond acceptors (Lipinski definition) is 6. The van der Waals surface area contributed by atoms with Crippen LogP contribution in [0.1, 0.15) is 66.4 Å². The molecule has 2 amide bonds. The minimum Gasteiger partial charge on any atom is -0.322 e. The van der Waals surface area contributed by atoms with Gasteiger partial charge in [-0.1, -0.05) is 44.2 Å². The molecule has 1 saturated carbocycles. The monoisotopic (exact) mass is 452 g/mol. The van der Waals surface area contributed by atoms with Crippen molar-refractivity contribution >= 4 is 31.2 Å². The zero-order valence-electron chi connectivity index (χ0n) is 19.2. The smallest absolute Gasteiger partial charge is 0.255 e. The molecule has 0 saturated heterocycles. The van der Waals surface area contributed by atoms with Crippen molar-refractivity contribution in [2.45, 2.75) is 64.5 Å².